The second kappa shape index (κ2) is 24.1. The Morgan fingerprint density at radius 1 is 0.628 bits per heavy atom. The molecule has 0 saturated heterocycles. The SMILES string of the molecule is CCC(C)(C)C(=O)OCC[Si](OC)(OC)OC.CCCCOC(=O)CCCCCOC(=O)NCCOC(=O)C(C)(C)CC. The average molecular weight is 638 g/mol. The van der Waals surface area contributed by atoms with Gasteiger partial charge < -0.3 is 37.5 Å². The molecule has 0 atom stereocenters. The maximum absolute atomic E-state index is 11.7. The first-order valence-electron chi connectivity index (χ1n) is 15.3. The van der Waals surface area contributed by atoms with Gasteiger partial charge in [0.05, 0.1) is 43.2 Å². The highest BCUT2D eigenvalue weighted by molar-refractivity contribution is 6.60. The van der Waals surface area contributed by atoms with E-state index in [9.17, 15) is 19.2 Å². The number of hydrogen-bond donors (Lipinski definition) is 1. The van der Waals surface area contributed by atoms with Crippen molar-refractivity contribution in [1.82, 2.24) is 5.32 Å². The van der Waals surface area contributed by atoms with E-state index in [2.05, 4.69) is 5.32 Å². The number of rotatable bonds is 22. The second-order valence-corrected chi connectivity index (χ2v) is 14.3. The molecule has 0 aromatic rings. The zero-order chi connectivity index (χ0) is 33.4. The summed E-state index contributed by atoms with van der Waals surface area (Å²) < 4.78 is 36.1. The summed E-state index contributed by atoms with van der Waals surface area (Å²) in [5.74, 6) is -0.646. The van der Waals surface area contributed by atoms with E-state index in [-0.39, 0.29) is 37.7 Å². The molecule has 43 heavy (non-hydrogen) atoms. The summed E-state index contributed by atoms with van der Waals surface area (Å²) >= 11 is 0. The predicted molar refractivity (Wildman–Crippen MR) is 165 cm³/mol. The molecule has 0 aliphatic carbocycles. The van der Waals surface area contributed by atoms with Gasteiger partial charge in [0.25, 0.3) is 0 Å². The largest absolute Gasteiger partial charge is 0.503 e. The summed E-state index contributed by atoms with van der Waals surface area (Å²) in [5, 5.41) is 2.53. The van der Waals surface area contributed by atoms with Crippen LogP contribution in [0.3, 0.4) is 0 Å². The van der Waals surface area contributed by atoms with E-state index >= 15 is 0 Å². The maximum Gasteiger partial charge on any atom is 0.503 e. The van der Waals surface area contributed by atoms with Crippen molar-refractivity contribution in [2.75, 3.05) is 54.3 Å². The van der Waals surface area contributed by atoms with Crippen LogP contribution in [-0.4, -0.2) is 87.1 Å². The molecule has 13 heteroatoms. The molecule has 254 valence electrons. The molecule has 0 aromatic carbocycles. The van der Waals surface area contributed by atoms with Gasteiger partial charge in [-0.2, -0.15) is 0 Å². The normalized spacial score (nSPS) is 11.6. The first-order valence-corrected chi connectivity index (χ1v) is 17.2. The molecule has 1 N–H and O–H groups in total. The van der Waals surface area contributed by atoms with Gasteiger partial charge in [0.15, 0.2) is 0 Å². The fourth-order valence-electron chi connectivity index (χ4n) is 2.97. The Kier molecular flexibility index (Phi) is 24.1. The van der Waals surface area contributed by atoms with Crippen LogP contribution in [0.2, 0.25) is 6.04 Å². The highest BCUT2D eigenvalue weighted by Gasteiger charge is 2.38. The number of carbonyl (C=O) groups is 4. The van der Waals surface area contributed by atoms with Crippen LogP contribution in [0.15, 0.2) is 0 Å². The molecule has 0 fully saturated rings. The lowest BCUT2D eigenvalue weighted by Crippen LogP contribution is -2.44. The van der Waals surface area contributed by atoms with Gasteiger partial charge >= 0.3 is 32.8 Å². The molecule has 0 aliphatic rings. The summed E-state index contributed by atoms with van der Waals surface area (Å²) in [7, 11) is 1.99. The summed E-state index contributed by atoms with van der Waals surface area (Å²) in [4.78, 5) is 46.3. The minimum atomic E-state index is -2.63. The maximum atomic E-state index is 11.7. The summed E-state index contributed by atoms with van der Waals surface area (Å²) in [5.41, 5.74) is -0.958. The van der Waals surface area contributed by atoms with Gasteiger partial charge in [0, 0.05) is 27.8 Å². The van der Waals surface area contributed by atoms with Crippen molar-refractivity contribution in [3.63, 3.8) is 0 Å². The Morgan fingerprint density at radius 2 is 1.14 bits per heavy atom. The number of ether oxygens (including phenoxy) is 4. The molecule has 0 aliphatic heterocycles. The Labute approximate surface area is 260 Å². The topological polar surface area (TPSA) is 145 Å². The van der Waals surface area contributed by atoms with Crippen LogP contribution in [0.1, 0.15) is 99.8 Å². The van der Waals surface area contributed by atoms with Crippen LogP contribution in [0.5, 0.6) is 0 Å². The number of carbonyl (C=O) groups excluding carboxylic acids is 4. The van der Waals surface area contributed by atoms with Crippen LogP contribution >= 0.6 is 0 Å². The summed E-state index contributed by atoms with van der Waals surface area (Å²) in [6.07, 6.45) is 5.40. The van der Waals surface area contributed by atoms with Crippen LogP contribution in [0, 0.1) is 10.8 Å². The smallest absolute Gasteiger partial charge is 0.466 e. The van der Waals surface area contributed by atoms with Crippen molar-refractivity contribution >= 4 is 32.8 Å². The quantitative estimate of drug-likeness (QED) is 0.0701. The fraction of sp³-hybridized carbons (Fsp3) is 0.867. The van der Waals surface area contributed by atoms with Gasteiger partial charge in [-0.05, 0) is 66.2 Å². The number of hydrogen-bond acceptors (Lipinski definition) is 11. The van der Waals surface area contributed by atoms with Crippen LogP contribution in [0.4, 0.5) is 4.79 Å². The predicted octanol–water partition coefficient (Wildman–Crippen LogP) is 5.44. The van der Waals surface area contributed by atoms with Crippen LogP contribution in [-0.2, 0) is 46.6 Å². The third kappa shape index (κ3) is 20.4. The molecule has 0 spiro atoms. The van der Waals surface area contributed by atoms with E-state index in [4.69, 9.17) is 32.2 Å². The zero-order valence-corrected chi connectivity index (χ0v) is 29.4. The van der Waals surface area contributed by atoms with Crippen LogP contribution < -0.4 is 5.32 Å². The van der Waals surface area contributed by atoms with Gasteiger partial charge in [-0.3, -0.25) is 14.4 Å². The molecule has 0 saturated carbocycles. The number of alkyl carbamates (subject to hydrolysis) is 1. The van der Waals surface area contributed by atoms with Crippen molar-refractivity contribution in [3.8, 4) is 0 Å². The summed E-state index contributed by atoms with van der Waals surface area (Å²) in [6.45, 7) is 14.7. The minimum Gasteiger partial charge on any atom is -0.466 e. The standard InChI is InChI=1S/C19H35NO6.C11H24O5Si/c1-5-7-13-24-16(21)11-9-8-10-14-26-18(23)20-12-15-25-17(22)19(3,4)6-2;1-7-11(2,3)10(12)16-8-9-17(13-4,14-5)15-6/h5-15H2,1-4H3,(H,20,23);7-9H2,1-6H3. The Hall–Kier alpha value is -2.22. The zero-order valence-electron chi connectivity index (χ0n) is 28.4. The molecule has 12 nitrogen and oxygen atoms in total. The fourth-order valence-corrected chi connectivity index (χ4v) is 4.43. The van der Waals surface area contributed by atoms with E-state index in [0.29, 0.717) is 38.5 Å². The lowest BCUT2D eigenvalue weighted by atomic mass is 9.91. The molecule has 0 heterocycles. The molecule has 1 amide bonds. The van der Waals surface area contributed by atoms with E-state index < -0.39 is 25.7 Å². The average Bonchev–Trinajstić information content (AvgIpc) is 2.99. The Bertz CT molecular complexity index is 778. The molecular formula is C30H59NO11Si. The van der Waals surface area contributed by atoms with Gasteiger partial charge in [-0.1, -0.05) is 27.2 Å². The summed E-state index contributed by atoms with van der Waals surface area (Å²) in [6, 6.07) is 0.460. The Morgan fingerprint density at radius 3 is 1.63 bits per heavy atom. The first kappa shape index (κ1) is 42.9. The lowest BCUT2D eigenvalue weighted by Gasteiger charge is -2.25. The molecule has 0 aromatic heterocycles. The third-order valence-corrected chi connectivity index (χ3v) is 9.75. The van der Waals surface area contributed by atoms with Gasteiger partial charge in [-0.15, -0.1) is 0 Å². The number of unbranched alkanes of at least 4 members (excludes halogenated alkanes) is 3. The number of nitrogens with one attached hydrogen (secondary N) is 1. The number of amides is 1. The monoisotopic (exact) mass is 637 g/mol. The van der Waals surface area contributed by atoms with E-state index in [0.717, 1.165) is 32.1 Å². The van der Waals surface area contributed by atoms with Crippen molar-refractivity contribution in [1.29, 1.82) is 0 Å². The minimum absolute atomic E-state index is 0.123. The molecule has 0 rings (SSSR count). The van der Waals surface area contributed by atoms with Crippen molar-refractivity contribution in [2.24, 2.45) is 10.8 Å². The lowest BCUT2D eigenvalue weighted by molar-refractivity contribution is -0.154. The highest BCUT2D eigenvalue weighted by atomic mass is 28.4. The molecule has 0 bridgehead atoms. The molecule has 0 radical (unpaired) electrons. The highest BCUT2D eigenvalue weighted by Crippen LogP contribution is 2.22. The number of esters is 3. The Balaban J connectivity index is 0. The van der Waals surface area contributed by atoms with Gasteiger partial charge in [-0.25, -0.2) is 4.79 Å². The molecule has 0 unspecified atom stereocenters. The van der Waals surface area contributed by atoms with Crippen molar-refractivity contribution < 1.29 is 51.4 Å². The van der Waals surface area contributed by atoms with Gasteiger partial charge in [0.1, 0.15) is 6.61 Å². The van der Waals surface area contributed by atoms with E-state index in [1.54, 1.807) is 0 Å². The third-order valence-electron chi connectivity index (χ3n) is 7.07. The van der Waals surface area contributed by atoms with E-state index in [1.165, 1.54) is 21.3 Å². The van der Waals surface area contributed by atoms with Gasteiger partial charge in [0.2, 0.25) is 0 Å². The second-order valence-electron chi connectivity index (χ2n) is 11.2. The van der Waals surface area contributed by atoms with E-state index in [1.807, 2.05) is 48.5 Å². The first-order chi connectivity index (χ1) is 20.2. The van der Waals surface area contributed by atoms with Crippen molar-refractivity contribution in [2.45, 2.75) is 106 Å². The molecular weight excluding hydrogens is 578 g/mol. The van der Waals surface area contributed by atoms with Crippen LogP contribution in [0.25, 0.3) is 0 Å². The van der Waals surface area contributed by atoms with Crippen molar-refractivity contribution in [3.05, 3.63) is 0 Å².